The molecular formula is C15H21ClN2O. The van der Waals surface area contributed by atoms with Crippen molar-refractivity contribution in [2.45, 2.75) is 45.7 Å². The van der Waals surface area contributed by atoms with Crippen LogP contribution in [-0.2, 0) is 6.54 Å². The number of hydrogen-bond donors (Lipinski definition) is 1. The van der Waals surface area contributed by atoms with E-state index in [1.54, 1.807) is 0 Å². The molecule has 0 aliphatic rings. The molecule has 19 heavy (non-hydrogen) atoms. The summed E-state index contributed by atoms with van der Waals surface area (Å²) in [6, 6.07) is 7.85. The molecule has 1 aromatic carbocycles. The van der Waals surface area contributed by atoms with Crippen LogP contribution < -0.4 is 10.1 Å². The minimum Gasteiger partial charge on any atom is -0.492 e. The van der Waals surface area contributed by atoms with E-state index in [0.717, 1.165) is 11.3 Å². The number of nitrogens with one attached hydrogen (secondary N) is 1. The Balaban J connectivity index is 2.69. The van der Waals surface area contributed by atoms with Gasteiger partial charge in [0, 0.05) is 24.1 Å². The lowest BCUT2D eigenvalue weighted by Crippen LogP contribution is -2.35. The summed E-state index contributed by atoms with van der Waals surface area (Å²) in [6.07, 6.45) is 1.22. The molecular weight excluding hydrogens is 260 g/mol. The lowest BCUT2D eigenvalue weighted by molar-refractivity contribution is 0.307. The highest BCUT2D eigenvalue weighted by molar-refractivity contribution is 6.32. The Kier molecular flexibility index (Phi) is 6.14. The maximum Gasteiger partial charge on any atom is 0.142 e. The first-order valence-corrected chi connectivity index (χ1v) is 6.84. The second-order valence-corrected chi connectivity index (χ2v) is 5.85. The first-order valence-electron chi connectivity index (χ1n) is 6.46. The second kappa shape index (κ2) is 7.37. The molecule has 3 nitrogen and oxygen atoms in total. The van der Waals surface area contributed by atoms with E-state index in [1.165, 1.54) is 0 Å². The Morgan fingerprint density at radius 1 is 1.37 bits per heavy atom. The molecule has 0 atom stereocenters. The average molecular weight is 281 g/mol. The Morgan fingerprint density at radius 2 is 2.11 bits per heavy atom. The Labute approximate surface area is 120 Å². The molecule has 0 aliphatic carbocycles. The summed E-state index contributed by atoms with van der Waals surface area (Å²) in [5.41, 5.74) is 1.08. The van der Waals surface area contributed by atoms with E-state index in [9.17, 15) is 0 Å². The molecule has 0 heterocycles. The van der Waals surface area contributed by atoms with Gasteiger partial charge in [0.1, 0.15) is 5.75 Å². The zero-order valence-electron chi connectivity index (χ0n) is 11.8. The summed E-state index contributed by atoms with van der Waals surface area (Å²) in [5, 5.41) is 12.5. The zero-order valence-corrected chi connectivity index (χ0v) is 12.5. The topological polar surface area (TPSA) is 45.0 Å². The van der Waals surface area contributed by atoms with Crippen LogP contribution in [0.4, 0.5) is 0 Å². The molecule has 4 heteroatoms. The van der Waals surface area contributed by atoms with Crippen LogP contribution in [0.15, 0.2) is 18.2 Å². The molecule has 1 rings (SSSR count). The van der Waals surface area contributed by atoms with Crippen molar-refractivity contribution in [1.29, 1.82) is 5.26 Å². The molecule has 0 unspecified atom stereocenters. The van der Waals surface area contributed by atoms with E-state index in [0.29, 0.717) is 31.0 Å². The second-order valence-electron chi connectivity index (χ2n) is 5.44. The van der Waals surface area contributed by atoms with E-state index in [2.05, 4.69) is 32.2 Å². The summed E-state index contributed by atoms with van der Waals surface area (Å²) in [7, 11) is 0. The van der Waals surface area contributed by atoms with Crippen molar-refractivity contribution in [2.75, 3.05) is 6.61 Å². The van der Waals surface area contributed by atoms with Crippen LogP contribution in [0.5, 0.6) is 5.75 Å². The minimum atomic E-state index is 0.0421. The van der Waals surface area contributed by atoms with E-state index >= 15 is 0 Å². The number of hydrogen-bond acceptors (Lipinski definition) is 3. The highest BCUT2D eigenvalue weighted by atomic mass is 35.5. The molecule has 0 aliphatic heterocycles. The van der Waals surface area contributed by atoms with E-state index in [4.69, 9.17) is 21.6 Å². The minimum absolute atomic E-state index is 0.0421. The van der Waals surface area contributed by atoms with Crippen LogP contribution >= 0.6 is 11.6 Å². The van der Waals surface area contributed by atoms with Crippen LogP contribution in [0.2, 0.25) is 5.02 Å². The lowest BCUT2D eigenvalue weighted by atomic mass is 10.1. The smallest absolute Gasteiger partial charge is 0.142 e. The molecule has 0 fully saturated rings. The third kappa shape index (κ3) is 5.96. The van der Waals surface area contributed by atoms with Crippen LogP contribution in [0.3, 0.4) is 0 Å². The number of nitriles is 1. The molecule has 1 aromatic rings. The van der Waals surface area contributed by atoms with Crippen molar-refractivity contribution in [3.8, 4) is 11.8 Å². The van der Waals surface area contributed by atoms with Gasteiger partial charge in [0.15, 0.2) is 0 Å². The SMILES string of the molecule is CC(C)(C)NCc1cccc(Cl)c1OCCCC#N. The quantitative estimate of drug-likeness (QED) is 0.804. The maximum atomic E-state index is 8.50. The van der Waals surface area contributed by atoms with Gasteiger partial charge < -0.3 is 10.1 Å². The third-order valence-corrected chi connectivity index (χ3v) is 2.83. The number of ether oxygens (including phenoxy) is 1. The van der Waals surface area contributed by atoms with Gasteiger partial charge in [-0.2, -0.15) is 5.26 Å². The highest BCUT2D eigenvalue weighted by Crippen LogP contribution is 2.29. The molecule has 1 N–H and O–H groups in total. The predicted octanol–water partition coefficient (Wildman–Crippen LogP) is 3.91. The third-order valence-electron chi connectivity index (χ3n) is 2.54. The zero-order chi connectivity index (χ0) is 14.3. The van der Waals surface area contributed by atoms with Gasteiger partial charge in [-0.15, -0.1) is 0 Å². The number of halogens is 1. The van der Waals surface area contributed by atoms with Gasteiger partial charge in [-0.1, -0.05) is 23.7 Å². The Hall–Kier alpha value is -1.24. The number of unbranched alkanes of at least 4 members (excludes halogenated alkanes) is 1. The molecule has 0 radical (unpaired) electrons. The summed E-state index contributed by atoms with van der Waals surface area (Å²) in [6.45, 7) is 7.57. The molecule has 104 valence electrons. The first kappa shape index (κ1) is 15.8. The fourth-order valence-electron chi connectivity index (χ4n) is 1.54. The Morgan fingerprint density at radius 3 is 2.74 bits per heavy atom. The van der Waals surface area contributed by atoms with Gasteiger partial charge in [-0.3, -0.25) is 0 Å². The van der Waals surface area contributed by atoms with Crippen molar-refractivity contribution in [1.82, 2.24) is 5.32 Å². The van der Waals surface area contributed by atoms with Gasteiger partial charge in [-0.05, 0) is 33.3 Å². The van der Waals surface area contributed by atoms with E-state index in [1.807, 2.05) is 18.2 Å². The van der Waals surface area contributed by atoms with E-state index < -0.39 is 0 Å². The fraction of sp³-hybridized carbons (Fsp3) is 0.533. The van der Waals surface area contributed by atoms with Gasteiger partial charge in [0.25, 0.3) is 0 Å². The van der Waals surface area contributed by atoms with Crippen LogP contribution in [0.1, 0.15) is 39.2 Å². The normalized spacial score (nSPS) is 11.1. The number of benzene rings is 1. The summed E-state index contributed by atoms with van der Waals surface area (Å²) in [5.74, 6) is 0.721. The van der Waals surface area contributed by atoms with Gasteiger partial charge in [0.2, 0.25) is 0 Å². The number of para-hydroxylation sites is 1. The summed E-state index contributed by atoms with van der Waals surface area (Å²) >= 11 is 6.17. The number of rotatable bonds is 6. The van der Waals surface area contributed by atoms with Gasteiger partial charge in [-0.25, -0.2) is 0 Å². The molecule has 0 amide bonds. The molecule has 0 saturated heterocycles. The molecule has 0 bridgehead atoms. The molecule has 0 aromatic heterocycles. The van der Waals surface area contributed by atoms with Crippen molar-refractivity contribution in [2.24, 2.45) is 0 Å². The van der Waals surface area contributed by atoms with E-state index in [-0.39, 0.29) is 5.54 Å². The Bertz CT molecular complexity index is 446. The van der Waals surface area contributed by atoms with Crippen molar-refractivity contribution >= 4 is 11.6 Å². The highest BCUT2D eigenvalue weighted by Gasteiger charge is 2.12. The van der Waals surface area contributed by atoms with Crippen molar-refractivity contribution in [3.05, 3.63) is 28.8 Å². The summed E-state index contributed by atoms with van der Waals surface area (Å²) < 4.78 is 5.71. The van der Waals surface area contributed by atoms with Crippen molar-refractivity contribution in [3.63, 3.8) is 0 Å². The molecule has 0 saturated carbocycles. The largest absolute Gasteiger partial charge is 0.492 e. The number of nitrogens with zero attached hydrogens (tertiary/aromatic N) is 1. The fourth-order valence-corrected chi connectivity index (χ4v) is 1.79. The van der Waals surface area contributed by atoms with Crippen LogP contribution in [-0.4, -0.2) is 12.1 Å². The predicted molar refractivity (Wildman–Crippen MR) is 78.4 cm³/mol. The monoisotopic (exact) mass is 280 g/mol. The van der Waals surface area contributed by atoms with Gasteiger partial charge >= 0.3 is 0 Å². The van der Waals surface area contributed by atoms with Crippen molar-refractivity contribution < 1.29 is 4.74 Å². The first-order chi connectivity index (χ1) is 8.94. The van der Waals surface area contributed by atoms with Crippen LogP contribution in [0, 0.1) is 11.3 Å². The van der Waals surface area contributed by atoms with Gasteiger partial charge in [0.05, 0.1) is 17.7 Å². The maximum absolute atomic E-state index is 8.50. The lowest BCUT2D eigenvalue weighted by Gasteiger charge is -2.22. The van der Waals surface area contributed by atoms with Crippen LogP contribution in [0.25, 0.3) is 0 Å². The summed E-state index contributed by atoms with van der Waals surface area (Å²) in [4.78, 5) is 0. The standard InChI is InChI=1S/C15H21ClN2O/c1-15(2,3)18-11-12-7-6-8-13(16)14(12)19-10-5-4-9-17/h6-8,18H,4-5,10-11H2,1-3H3. The molecule has 0 spiro atoms. The average Bonchev–Trinajstić information content (AvgIpc) is 2.33.